The number of nitrogens with one attached hydrogen (secondary N) is 1. The smallest absolute Gasteiger partial charge is 0.335 e. The number of aromatic nitrogens is 1. The lowest BCUT2D eigenvalue weighted by Crippen LogP contribution is -2.27. The van der Waals surface area contributed by atoms with Crippen LogP contribution in [0.4, 0.5) is 4.39 Å². The van der Waals surface area contributed by atoms with Crippen LogP contribution in [0.5, 0.6) is 0 Å². The zero-order chi connectivity index (χ0) is 16.3. The van der Waals surface area contributed by atoms with Crippen molar-refractivity contribution in [3.63, 3.8) is 0 Å². The number of amides is 1. The lowest BCUT2D eigenvalue weighted by Gasteiger charge is -2.12. The van der Waals surface area contributed by atoms with Gasteiger partial charge in [0.15, 0.2) is 0 Å². The number of benzene rings is 1. The molecule has 116 valence electrons. The van der Waals surface area contributed by atoms with E-state index in [4.69, 9.17) is 5.11 Å². The fourth-order valence-corrected chi connectivity index (χ4v) is 2.71. The third-order valence-corrected chi connectivity index (χ3v) is 4.14. The first-order chi connectivity index (χ1) is 10.4. The summed E-state index contributed by atoms with van der Waals surface area (Å²) in [7, 11) is 0. The second kappa shape index (κ2) is 6.65. The number of carboxylic acids is 1. The third-order valence-electron chi connectivity index (χ3n) is 3.12. The SMILES string of the molecule is CCc1nc(C(C)NC(=O)c2ccc(C(=O)O)cc2F)cs1. The van der Waals surface area contributed by atoms with Crippen LogP contribution < -0.4 is 5.32 Å². The van der Waals surface area contributed by atoms with Crippen LogP contribution in [0.2, 0.25) is 0 Å². The summed E-state index contributed by atoms with van der Waals surface area (Å²) in [6, 6.07) is 2.84. The topological polar surface area (TPSA) is 79.3 Å². The van der Waals surface area contributed by atoms with Crippen molar-refractivity contribution in [1.82, 2.24) is 10.3 Å². The minimum Gasteiger partial charge on any atom is -0.478 e. The number of carbonyl (C=O) groups is 2. The van der Waals surface area contributed by atoms with Crippen molar-refractivity contribution >= 4 is 23.2 Å². The average Bonchev–Trinajstić information content (AvgIpc) is 2.95. The number of carboxylic acid groups (broad SMARTS) is 1. The van der Waals surface area contributed by atoms with Gasteiger partial charge in [0.25, 0.3) is 5.91 Å². The molecule has 0 radical (unpaired) electrons. The molecular formula is C15H15FN2O3S. The van der Waals surface area contributed by atoms with Crippen LogP contribution in [0.25, 0.3) is 0 Å². The molecule has 1 aromatic heterocycles. The maximum Gasteiger partial charge on any atom is 0.335 e. The molecule has 0 aliphatic carbocycles. The number of hydrogen-bond donors (Lipinski definition) is 2. The predicted octanol–water partition coefficient (Wildman–Crippen LogP) is 3.03. The Bertz CT molecular complexity index is 715. The minimum absolute atomic E-state index is 0.192. The molecule has 0 spiro atoms. The highest BCUT2D eigenvalue weighted by molar-refractivity contribution is 7.09. The number of halogens is 1. The summed E-state index contributed by atoms with van der Waals surface area (Å²) in [5.41, 5.74) is 0.328. The predicted molar refractivity (Wildman–Crippen MR) is 80.7 cm³/mol. The molecule has 2 aromatic rings. The van der Waals surface area contributed by atoms with Crippen molar-refractivity contribution in [3.05, 3.63) is 51.2 Å². The maximum atomic E-state index is 13.8. The van der Waals surface area contributed by atoms with Crippen molar-refractivity contribution < 1.29 is 19.1 Å². The van der Waals surface area contributed by atoms with Crippen LogP contribution in [0.3, 0.4) is 0 Å². The first-order valence-electron chi connectivity index (χ1n) is 6.70. The Morgan fingerprint density at radius 3 is 2.73 bits per heavy atom. The monoisotopic (exact) mass is 322 g/mol. The van der Waals surface area contributed by atoms with E-state index in [0.717, 1.165) is 23.2 Å². The van der Waals surface area contributed by atoms with Gasteiger partial charge in [-0.1, -0.05) is 6.92 Å². The quantitative estimate of drug-likeness (QED) is 0.887. The Morgan fingerprint density at radius 2 is 2.18 bits per heavy atom. The lowest BCUT2D eigenvalue weighted by molar-refractivity contribution is 0.0695. The van der Waals surface area contributed by atoms with Crippen LogP contribution in [0.15, 0.2) is 23.6 Å². The Labute approximate surface area is 130 Å². The van der Waals surface area contributed by atoms with Crippen molar-refractivity contribution in [2.24, 2.45) is 0 Å². The molecule has 0 bridgehead atoms. The molecule has 2 N–H and O–H groups in total. The van der Waals surface area contributed by atoms with Crippen LogP contribution in [-0.4, -0.2) is 22.0 Å². The molecule has 0 fully saturated rings. The maximum absolute atomic E-state index is 13.8. The molecule has 22 heavy (non-hydrogen) atoms. The van der Waals surface area contributed by atoms with Gasteiger partial charge in [-0.15, -0.1) is 11.3 Å². The highest BCUT2D eigenvalue weighted by Crippen LogP contribution is 2.18. The van der Waals surface area contributed by atoms with Crippen molar-refractivity contribution in [2.75, 3.05) is 0 Å². The molecule has 1 heterocycles. The molecule has 1 aromatic carbocycles. The van der Waals surface area contributed by atoms with Gasteiger partial charge in [0.2, 0.25) is 0 Å². The summed E-state index contributed by atoms with van der Waals surface area (Å²) in [5.74, 6) is -2.71. The zero-order valence-electron chi connectivity index (χ0n) is 12.1. The highest BCUT2D eigenvalue weighted by atomic mass is 32.1. The summed E-state index contributed by atoms with van der Waals surface area (Å²) in [5, 5.41) is 14.3. The average molecular weight is 322 g/mol. The number of rotatable bonds is 5. The molecule has 1 amide bonds. The summed E-state index contributed by atoms with van der Waals surface area (Å²) in [4.78, 5) is 27.2. The third kappa shape index (κ3) is 3.48. The van der Waals surface area contributed by atoms with Gasteiger partial charge >= 0.3 is 5.97 Å². The number of nitrogens with zero attached hydrogens (tertiary/aromatic N) is 1. The van der Waals surface area contributed by atoms with E-state index in [9.17, 15) is 14.0 Å². The van der Waals surface area contributed by atoms with E-state index in [2.05, 4.69) is 10.3 Å². The molecule has 1 unspecified atom stereocenters. The van der Waals surface area contributed by atoms with Gasteiger partial charge in [0.1, 0.15) is 5.82 Å². The number of aromatic carboxylic acids is 1. The van der Waals surface area contributed by atoms with Crippen LogP contribution >= 0.6 is 11.3 Å². The number of hydrogen-bond acceptors (Lipinski definition) is 4. The Kier molecular flexibility index (Phi) is 4.87. The van der Waals surface area contributed by atoms with Gasteiger partial charge < -0.3 is 10.4 Å². The van der Waals surface area contributed by atoms with Gasteiger partial charge in [0, 0.05) is 5.38 Å². The molecule has 5 nitrogen and oxygen atoms in total. The largest absolute Gasteiger partial charge is 0.478 e. The summed E-state index contributed by atoms with van der Waals surface area (Å²) in [6.45, 7) is 3.75. The molecule has 0 aliphatic rings. The van der Waals surface area contributed by atoms with Gasteiger partial charge in [-0.05, 0) is 31.5 Å². The zero-order valence-corrected chi connectivity index (χ0v) is 12.9. The van der Waals surface area contributed by atoms with E-state index >= 15 is 0 Å². The first-order valence-corrected chi connectivity index (χ1v) is 7.58. The van der Waals surface area contributed by atoms with Crippen LogP contribution in [0.1, 0.15) is 51.3 Å². The molecule has 0 aliphatic heterocycles. The summed E-state index contributed by atoms with van der Waals surface area (Å²) >= 11 is 1.51. The normalized spacial score (nSPS) is 12.0. The second-order valence-corrected chi connectivity index (χ2v) is 5.66. The Morgan fingerprint density at radius 1 is 1.45 bits per heavy atom. The van der Waals surface area contributed by atoms with Crippen LogP contribution in [-0.2, 0) is 6.42 Å². The second-order valence-electron chi connectivity index (χ2n) is 4.71. The fourth-order valence-electron chi connectivity index (χ4n) is 1.87. The van der Waals surface area contributed by atoms with Gasteiger partial charge in [0.05, 0.1) is 27.9 Å². The van der Waals surface area contributed by atoms with Gasteiger partial charge in [-0.25, -0.2) is 14.2 Å². The van der Waals surface area contributed by atoms with E-state index in [1.54, 1.807) is 6.92 Å². The molecule has 0 saturated heterocycles. The standard InChI is InChI=1S/C15H15FN2O3S/c1-3-13-18-12(7-22-13)8(2)17-14(19)10-5-4-9(15(20)21)6-11(10)16/h4-8H,3H2,1-2H3,(H,17,19)(H,20,21). The minimum atomic E-state index is -1.24. The number of aryl methyl sites for hydroxylation is 1. The molecule has 0 saturated carbocycles. The van der Waals surface area contributed by atoms with Crippen molar-refractivity contribution in [3.8, 4) is 0 Å². The van der Waals surface area contributed by atoms with Crippen LogP contribution in [0, 0.1) is 5.82 Å². The van der Waals surface area contributed by atoms with E-state index in [1.165, 1.54) is 23.5 Å². The Balaban J connectivity index is 2.13. The molecular weight excluding hydrogens is 307 g/mol. The Hall–Kier alpha value is -2.28. The van der Waals surface area contributed by atoms with Crippen molar-refractivity contribution in [1.29, 1.82) is 0 Å². The first kappa shape index (κ1) is 16.1. The highest BCUT2D eigenvalue weighted by Gasteiger charge is 2.18. The lowest BCUT2D eigenvalue weighted by atomic mass is 10.1. The van der Waals surface area contributed by atoms with E-state index in [0.29, 0.717) is 0 Å². The van der Waals surface area contributed by atoms with E-state index in [1.807, 2.05) is 12.3 Å². The number of thiazole rings is 1. The molecule has 7 heteroatoms. The fraction of sp³-hybridized carbons (Fsp3) is 0.267. The van der Waals surface area contributed by atoms with E-state index in [-0.39, 0.29) is 17.2 Å². The summed E-state index contributed by atoms with van der Waals surface area (Å²) < 4.78 is 13.8. The number of carbonyl (C=O) groups excluding carboxylic acids is 1. The summed E-state index contributed by atoms with van der Waals surface area (Å²) in [6.07, 6.45) is 0.816. The van der Waals surface area contributed by atoms with Gasteiger partial charge in [-0.2, -0.15) is 0 Å². The molecule has 1 atom stereocenters. The van der Waals surface area contributed by atoms with Crippen molar-refractivity contribution in [2.45, 2.75) is 26.3 Å². The molecule has 2 rings (SSSR count). The van der Waals surface area contributed by atoms with E-state index < -0.39 is 17.7 Å². The van der Waals surface area contributed by atoms with Gasteiger partial charge in [-0.3, -0.25) is 4.79 Å².